The molecular formula is C18H20N4O4. The van der Waals surface area contributed by atoms with Gasteiger partial charge in [0.15, 0.2) is 0 Å². The van der Waals surface area contributed by atoms with E-state index < -0.39 is 11.9 Å². The largest absolute Gasteiger partial charge is 0.462 e. The van der Waals surface area contributed by atoms with Crippen molar-refractivity contribution in [1.82, 2.24) is 9.80 Å². The van der Waals surface area contributed by atoms with Gasteiger partial charge in [0.1, 0.15) is 11.6 Å². The van der Waals surface area contributed by atoms with Crippen molar-refractivity contribution in [3.8, 4) is 6.07 Å². The number of ether oxygens (including phenoxy) is 1. The van der Waals surface area contributed by atoms with Gasteiger partial charge in [0, 0.05) is 32.4 Å². The number of carbonyl (C=O) groups is 3. The minimum atomic E-state index is -0.609. The highest BCUT2D eigenvalue weighted by atomic mass is 16.5. The molecule has 2 rings (SSSR count). The molecule has 0 radical (unpaired) electrons. The lowest BCUT2D eigenvalue weighted by Crippen LogP contribution is -2.43. The number of rotatable bonds is 6. The molecule has 1 fully saturated rings. The summed E-state index contributed by atoms with van der Waals surface area (Å²) in [6.45, 7) is 4.06. The zero-order chi connectivity index (χ0) is 18.9. The van der Waals surface area contributed by atoms with Gasteiger partial charge in [-0.15, -0.1) is 0 Å². The van der Waals surface area contributed by atoms with Gasteiger partial charge in [0.25, 0.3) is 5.91 Å². The number of amides is 2. The molecule has 1 heterocycles. The van der Waals surface area contributed by atoms with E-state index in [1.807, 2.05) is 11.0 Å². The fraction of sp³-hybridized carbons (Fsp3) is 0.333. The number of carbonyl (C=O) groups excluding carboxylic acids is 3. The van der Waals surface area contributed by atoms with Crippen molar-refractivity contribution in [2.45, 2.75) is 6.92 Å². The van der Waals surface area contributed by atoms with Crippen molar-refractivity contribution in [3.63, 3.8) is 0 Å². The second-order valence-electron chi connectivity index (χ2n) is 5.55. The highest BCUT2D eigenvalue weighted by Gasteiger charge is 2.18. The van der Waals surface area contributed by atoms with Crippen LogP contribution in [-0.4, -0.2) is 60.9 Å². The van der Waals surface area contributed by atoms with E-state index in [1.54, 1.807) is 36.1 Å². The van der Waals surface area contributed by atoms with Crippen molar-refractivity contribution in [1.29, 1.82) is 5.26 Å². The van der Waals surface area contributed by atoms with Crippen LogP contribution >= 0.6 is 0 Å². The van der Waals surface area contributed by atoms with Gasteiger partial charge in [-0.1, -0.05) is 12.1 Å². The first-order chi connectivity index (χ1) is 12.6. The maximum Gasteiger partial charge on any atom is 0.340 e. The molecule has 26 heavy (non-hydrogen) atoms. The van der Waals surface area contributed by atoms with Crippen LogP contribution in [0.25, 0.3) is 0 Å². The van der Waals surface area contributed by atoms with Gasteiger partial charge < -0.3 is 19.9 Å². The summed E-state index contributed by atoms with van der Waals surface area (Å²) >= 11 is 0. The molecule has 2 amide bonds. The molecule has 0 aliphatic carbocycles. The zero-order valence-electron chi connectivity index (χ0n) is 14.5. The number of hydrogen-bond acceptors (Lipinski definition) is 6. The lowest BCUT2D eigenvalue weighted by molar-refractivity contribution is -0.119. The van der Waals surface area contributed by atoms with Crippen LogP contribution in [0.4, 0.5) is 5.69 Å². The maximum absolute atomic E-state index is 12.4. The predicted molar refractivity (Wildman–Crippen MR) is 93.9 cm³/mol. The van der Waals surface area contributed by atoms with Crippen LogP contribution in [0.5, 0.6) is 0 Å². The quantitative estimate of drug-likeness (QED) is 0.353. The van der Waals surface area contributed by atoms with Gasteiger partial charge in [-0.3, -0.25) is 9.59 Å². The van der Waals surface area contributed by atoms with Gasteiger partial charge in [0.05, 0.1) is 17.9 Å². The Bertz CT molecular complexity index is 746. The van der Waals surface area contributed by atoms with Crippen molar-refractivity contribution >= 4 is 24.0 Å². The molecule has 8 heteroatoms. The summed E-state index contributed by atoms with van der Waals surface area (Å²) in [6, 6.07) is 8.33. The van der Waals surface area contributed by atoms with E-state index in [4.69, 9.17) is 4.74 Å². The zero-order valence-corrected chi connectivity index (χ0v) is 14.5. The Morgan fingerprint density at radius 2 is 1.88 bits per heavy atom. The first-order valence-corrected chi connectivity index (χ1v) is 8.21. The number of anilines is 1. The summed E-state index contributed by atoms with van der Waals surface area (Å²) in [4.78, 5) is 38.6. The smallest absolute Gasteiger partial charge is 0.340 e. The number of nitrogens with zero attached hydrogens (tertiary/aromatic N) is 3. The van der Waals surface area contributed by atoms with Crippen LogP contribution < -0.4 is 5.32 Å². The Kier molecular flexibility index (Phi) is 6.74. The Morgan fingerprint density at radius 3 is 2.50 bits per heavy atom. The number of nitrogens with one attached hydrogen (secondary N) is 1. The van der Waals surface area contributed by atoms with Crippen molar-refractivity contribution in [2.24, 2.45) is 0 Å². The van der Waals surface area contributed by atoms with Crippen LogP contribution in [0.15, 0.2) is 36.0 Å². The molecule has 136 valence electrons. The number of hydrogen-bond donors (Lipinski definition) is 1. The average Bonchev–Trinajstić information content (AvgIpc) is 2.67. The molecule has 8 nitrogen and oxygen atoms in total. The van der Waals surface area contributed by atoms with E-state index in [0.717, 1.165) is 6.41 Å². The monoisotopic (exact) mass is 356 g/mol. The molecule has 1 aromatic rings. The lowest BCUT2D eigenvalue weighted by atomic mass is 10.1. The third-order valence-corrected chi connectivity index (χ3v) is 3.85. The van der Waals surface area contributed by atoms with Crippen LogP contribution in [0.2, 0.25) is 0 Å². The number of nitriles is 1. The van der Waals surface area contributed by atoms with E-state index in [9.17, 15) is 19.6 Å². The fourth-order valence-corrected chi connectivity index (χ4v) is 2.46. The minimum absolute atomic E-state index is 0.0804. The molecule has 1 saturated heterocycles. The molecule has 1 aliphatic heterocycles. The Morgan fingerprint density at radius 1 is 1.23 bits per heavy atom. The van der Waals surface area contributed by atoms with E-state index in [-0.39, 0.29) is 23.4 Å². The van der Waals surface area contributed by atoms with Gasteiger partial charge in [-0.2, -0.15) is 5.26 Å². The van der Waals surface area contributed by atoms with Gasteiger partial charge in [0.2, 0.25) is 6.41 Å². The number of piperazine rings is 1. The van der Waals surface area contributed by atoms with Gasteiger partial charge in [-0.25, -0.2) is 4.79 Å². The summed E-state index contributed by atoms with van der Waals surface area (Å²) in [5.74, 6) is -1.15. The van der Waals surface area contributed by atoms with Gasteiger partial charge >= 0.3 is 5.97 Å². The Hall–Kier alpha value is -3.34. The normalized spacial score (nSPS) is 14.4. The molecule has 1 aromatic carbocycles. The van der Waals surface area contributed by atoms with Crippen molar-refractivity contribution in [3.05, 3.63) is 41.6 Å². The first-order valence-electron chi connectivity index (χ1n) is 8.21. The van der Waals surface area contributed by atoms with Gasteiger partial charge in [-0.05, 0) is 19.1 Å². The molecule has 0 unspecified atom stereocenters. The average molecular weight is 356 g/mol. The molecule has 0 saturated carbocycles. The fourth-order valence-electron chi connectivity index (χ4n) is 2.46. The lowest BCUT2D eigenvalue weighted by Gasteiger charge is -2.31. The van der Waals surface area contributed by atoms with Crippen LogP contribution in [0, 0.1) is 11.3 Å². The third kappa shape index (κ3) is 4.83. The standard InChI is InChI=1S/C18H20N4O4/c1-2-26-18(25)15-5-3-4-6-16(15)20-17(24)14(11-19)12-21-7-9-22(13-23)10-8-21/h3-6,12-13H,2,7-10H2,1H3,(H,20,24)/b14-12-. The van der Waals surface area contributed by atoms with Crippen LogP contribution in [0.1, 0.15) is 17.3 Å². The Balaban J connectivity index is 2.11. The summed E-state index contributed by atoms with van der Waals surface area (Å²) in [5, 5.41) is 11.9. The van der Waals surface area contributed by atoms with E-state index in [0.29, 0.717) is 26.2 Å². The molecule has 0 atom stereocenters. The van der Waals surface area contributed by atoms with Crippen LogP contribution in [0.3, 0.4) is 0 Å². The van der Waals surface area contributed by atoms with Crippen molar-refractivity contribution < 1.29 is 19.1 Å². The number of benzene rings is 1. The predicted octanol–water partition coefficient (Wildman–Crippen LogP) is 0.983. The topological polar surface area (TPSA) is 103 Å². The van der Waals surface area contributed by atoms with E-state index >= 15 is 0 Å². The number of para-hydroxylation sites is 1. The number of esters is 1. The summed E-state index contributed by atoms with van der Waals surface area (Å²) in [5.41, 5.74) is 0.422. The first kappa shape index (κ1) is 19.0. The van der Waals surface area contributed by atoms with Crippen LogP contribution in [-0.2, 0) is 14.3 Å². The highest BCUT2D eigenvalue weighted by molar-refractivity contribution is 6.09. The molecular weight excluding hydrogens is 336 g/mol. The minimum Gasteiger partial charge on any atom is -0.462 e. The molecule has 0 bridgehead atoms. The SMILES string of the molecule is CCOC(=O)c1ccccc1NC(=O)/C(C#N)=C\N1CCN(C=O)CC1. The third-order valence-electron chi connectivity index (χ3n) is 3.85. The molecule has 0 spiro atoms. The van der Waals surface area contributed by atoms with E-state index in [2.05, 4.69) is 5.32 Å². The summed E-state index contributed by atoms with van der Waals surface area (Å²) in [7, 11) is 0. The second-order valence-corrected chi connectivity index (χ2v) is 5.55. The van der Waals surface area contributed by atoms with Crippen molar-refractivity contribution in [2.75, 3.05) is 38.1 Å². The molecule has 1 N–H and O–H groups in total. The maximum atomic E-state index is 12.4. The molecule has 1 aliphatic rings. The summed E-state index contributed by atoms with van der Waals surface area (Å²) < 4.78 is 4.97. The molecule has 0 aromatic heterocycles. The second kappa shape index (κ2) is 9.22. The summed E-state index contributed by atoms with van der Waals surface area (Å²) in [6.07, 6.45) is 2.26. The highest BCUT2D eigenvalue weighted by Crippen LogP contribution is 2.17. The van der Waals surface area contributed by atoms with E-state index in [1.165, 1.54) is 6.20 Å². The Labute approximate surface area is 151 Å².